The average Bonchev–Trinajstić information content (AvgIpc) is 3.07. The average molecular weight is 327 g/mol. The van der Waals surface area contributed by atoms with E-state index in [1.165, 1.54) is 12.1 Å². The van der Waals surface area contributed by atoms with Crippen molar-refractivity contribution in [1.82, 2.24) is 5.32 Å². The zero-order chi connectivity index (χ0) is 17.1. The second kappa shape index (κ2) is 6.74. The molecule has 2 aromatic carbocycles. The zero-order valence-electron chi connectivity index (χ0n) is 13.5. The van der Waals surface area contributed by atoms with E-state index in [1.54, 1.807) is 43.7 Å². The van der Waals surface area contributed by atoms with Gasteiger partial charge in [0.2, 0.25) is 0 Å². The normalized spacial score (nSPS) is 12.1. The molecule has 5 heteroatoms. The van der Waals surface area contributed by atoms with Crippen LogP contribution in [-0.4, -0.2) is 19.6 Å². The predicted molar refractivity (Wildman–Crippen MR) is 89.9 cm³/mol. The van der Waals surface area contributed by atoms with Crippen LogP contribution in [0.2, 0.25) is 0 Å². The lowest BCUT2D eigenvalue weighted by atomic mass is 10.0. The molecule has 0 saturated carbocycles. The molecule has 1 heterocycles. The summed E-state index contributed by atoms with van der Waals surface area (Å²) >= 11 is 0. The van der Waals surface area contributed by atoms with Crippen molar-refractivity contribution >= 4 is 16.9 Å². The van der Waals surface area contributed by atoms with Crippen molar-refractivity contribution in [1.29, 1.82) is 0 Å². The van der Waals surface area contributed by atoms with E-state index < -0.39 is 0 Å². The lowest BCUT2D eigenvalue weighted by Crippen LogP contribution is -2.27. The third-order valence-electron chi connectivity index (χ3n) is 4.02. The summed E-state index contributed by atoms with van der Waals surface area (Å²) in [7, 11) is 1.56. The highest BCUT2D eigenvalue weighted by Gasteiger charge is 2.14. The molecule has 1 aromatic heterocycles. The van der Waals surface area contributed by atoms with Crippen LogP contribution in [0.25, 0.3) is 11.0 Å². The van der Waals surface area contributed by atoms with Gasteiger partial charge in [-0.2, -0.15) is 0 Å². The number of ether oxygens (including phenoxy) is 1. The maximum atomic E-state index is 13.0. The minimum absolute atomic E-state index is 0.0730. The molecule has 0 radical (unpaired) electrons. The van der Waals surface area contributed by atoms with E-state index >= 15 is 0 Å². The lowest BCUT2D eigenvalue weighted by Gasteiger charge is -2.13. The van der Waals surface area contributed by atoms with Crippen molar-refractivity contribution in [3.05, 3.63) is 65.7 Å². The van der Waals surface area contributed by atoms with Crippen LogP contribution >= 0.6 is 0 Å². The van der Waals surface area contributed by atoms with Crippen molar-refractivity contribution < 1.29 is 18.3 Å². The molecular formula is C19H18FNO3. The number of nitrogens with one attached hydrogen (secondary N) is 1. The smallest absolute Gasteiger partial charge is 0.251 e. The molecule has 0 spiro atoms. The van der Waals surface area contributed by atoms with Gasteiger partial charge in [-0.3, -0.25) is 4.79 Å². The number of carbonyl (C=O) groups excluding carboxylic acids is 1. The van der Waals surface area contributed by atoms with Crippen molar-refractivity contribution in [2.75, 3.05) is 13.7 Å². The summed E-state index contributed by atoms with van der Waals surface area (Å²) in [5.74, 6) is 0.191. The maximum absolute atomic E-state index is 13.0. The Bertz CT molecular complexity index is 855. The van der Waals surface area contributed by atoms with Crippen molar-refractivity contribution in [2.24, 2.45) is 0 Å². The van der Waals surface area contributed by atoms with Gasteiger partial charge in [0.1, 0.15) is 17.1 Å². The second-order valence-electron chi connectivity index (χ2n) is 5.67. The first-order chi connectivity index (χ1) is 11.6. The maximum Gasteiger partial charge on any atom is 0.251 e. The Morgan fingerprint density at radius 1 is 1.25 bits per heavy atom. The van der Waals surface area contributed by atoms with Crippen LogP contribution in [0.3, 0.4) is 0 Å². The highest BCUT2D eigenvalue weighted by molar-refractivity contribution is 5.99. The van der Waals surface area contributed by atoms with Gasteiger partial charge in [0, 0.05) is 12.1 Å². The molecule has 0 aliphatic heterocycles. The van der Waals surface area contributed by atoms with Gasteiger partial charge in [-0.05, 0) is 41.8 Å². The Balaban J connectivity index is 1.71. The molecule has 0 fully saturated rings. The van der Waals surface area contributed by atoms with E-state index in [1.807, 2.05) is 6.92 Å². The van der Waals surface area contributed by atoms with Gasteiger partial charge in [-0.1, -0.05) is 19.1 Å². The molecule has 4 nitrogen and oxygen atoms in total. The molecule has 124 valence electrons. The number of benzene rings is 2. The number of fused-ring (bicyclic) bond motifs is 1. The molecule has 3 aromatic rings. The minimum Gasteiger partial charge on any atom is -0.496 e. The number of halogens is 1. The Morgan fingerprint density at radius 2 is 2.00 bits per heavy atom. The summed E-state index contributed by atoms with van der Waals surface area (Å²) in [6.45, 7) is 2.42. The van der Waals surface area contributed by atoms with Crippen molar-refractivity contribution in [3.63, 3.8) is 0 Å². The van der Waals surface area contributed by atoms with E-state index in [0.717, 1.165) is 10.9 Å². The van der Waals surface area contributed by atoms with Gasteiger partial charge in [0.15, 0.2) is 0 Å². The van der Waals surface area contributed by atoms with Gasteiger partial charge in [0.25, 0.3) is 5.91 Å². The summed E-state index contributed by atoms with van der Waals surface area (Å²) in [4.78, 5) is 12.4. The topological polar surface area (TPSA) is 51.5 Å². The molecule has 1 unspecified atom stereocenters. The fraction of sp³-hybridized carbons (Fsp3) is 0.211. The lowest BCUT2D eigenvalue weighted by molar-refractivity contribution is 0.0951. The zero-order valence-corrected chi connectivity index (χ0v) is 13.5. The van der Waals surface area contributed by atoms with E-state index in [0.29, 0.717) is 23.4 Å². The van der Waals surface area contributed by atoms with Gasteiger partial charge in [-0.25, -0.2) is 4.39 Å². The van der Waals surface area contributed by atoms with Crippen molar-refractivity contribution in [3.8, 4) is 5.75 Å². The van der Waals surface area contributed by atoms with Crippen LogP contribution in [0.4, 0.5) is 4.39 Å². The predicted octanol–water partition coefficient (Wildman–Crippen LogP) is 4.11. The summed E-state index contributed by atoms with van der Waals surface area (Å²) in [5, 5.41) is 3.72. The van der Waals surface area contributed by atoms with Gasteiger partial charge in [0.05, 0.1) is 18.8 Å². The summed E-state index contributed by atoms with van der Waals surface area (Å²) in [6.07, 6.45) is 1.56. The number of hydrogen-bond acceptors (Lipinski definition) is 3. The fourth-order valence-electron chi connectivity index (χ4n) is 2.60. The number of rotatable bonds is 5. The van der Waals surface area contributed by atoms with Crippen LogP contribution < -0.4 is 10.1 Å². The van der Waals surface area contributed by atoms with Crippen LogP contribution in [0.1, 0.15) is 28.8 Å². The molecule has 24 heavy (non-hydrogen) atoms. The number of furan rings is 1. The molecule has 3 rings (SSSR count). The molecule has 0 aliphatic carbocycles. The van der Waals surface area contributed by atoms with Gasteiger partial charge >= 0.3 is 0 Å². The number of amides is 1. The number of methoxy groups -OCH3 is 1. The number of hydrogen-bond donors (Lipinski definition) is 1. The third-order valence-corrected chi connectivity index (χ3v) is 4.02. The highest BCUT2D eigenvalue weighted by Crippen LogP contribution is 2.28. The SMILES string of the molecule is COc1cc(C(=O)NCC(C)c2ccc(F)cc2)cc2occc12. The quantitative estimate of drug-likeness (QED) is 0.767. The molecule has 1 N–H and O–H groups in total. The van der Waals surface area contributed by atoms with E-state index in [-0.39, 0.29) is 17.6 Å². The largest absolute Gasteiger partial charge is 0.496 e. The Labute approximate surface area is 139 Å². The third kappa shape index (κ3) is 3.25. The molecule has 0 saturated heterocycles. The highest BCUT2D eigenvalue weighted by atomic mass is 19.1. The fourth-order valence-corrected chi connectivity index (χ4v) is 2.60. The van der Waals surface area contributed by atoms with Gasteiger partial charge < -0.3 is 14.5 Å². The summed E-state index contributed by atoms with van der Waals surface area (Å²) in [5.41, 5.74) is 2.04. The van der Waals surface area contributed by atoms with E-state index in [4.69, 9.17) is 9.15 Å². The van der Waals surface area contributed by atoms with Crippen LogP contribution in [-0.2, 0) is 0 Å². The molecule has 1 atom stereocenters. The Morgan fingerprint density at radius 3 is 2.71 bits per heavy atom. The van der Waals surface area contributed by atoms with Crippen molar-refractivity contribution in [2.45, 2.75) is 12.8 Å². The second-order valence-corrected chi connectivity index (χ2v) is 5.67. The van der Waals surface area contributed by atoms with E-state index in [2.05, 4.69) is 5.32 Å². The molecule has 0 bridgehead atoms. The number of carbonyl (C=O) groups is 1. The Kier molecular flexibility index (Phi) is 4.51. The first-order valence-corrected chi connectivity index (χ1v) is 7.67. The first kappa shape index (κ1) is 16.1. The standard InChI is InChI=1S/C19H18FNO3/c1-12(13-3-5-15(20)6-4-13)11-21-19(22)14-9-17(23-2)16-7-8-24-18(16)10-14/h3-10,12H,11H2,1-2H3,(H,21,22). The van der Waals surface area contributed by atoms with E-state index in [9.17, 15) is 9.18 Å². The molecule has 1 amide bonds. The molecular weight excluding hydrogens is 309 g/mol. The van der Waals surface area contributed by atoms with Crippen LogP contribution in [0.15, 0.2) is 53.1 Å². The summed E-state index contributed by atoms with van der Waals surface area (Å²) in [6, 6.07) is 11.5. The van der Waals surface area contributed by atoms with Crippen LogP contribution in [0.5, 0.6) is 5.75 Å². The molecule has 0 aliphatic rings. The Hall–Kier alpha value is -2.82. The first-order valence-electron chi connectivity index (χ1n) is 7.67. The monoisotopic (exact) mass is 327 g/mol. The van der Waals surface area contributed by atoms with Crippen LogP contribution in [0, 0.1) is 5.82 Å². The minimum atomic E-state index is -0.270. The van der Waals surface area contributed by atoms with Gasteiger partial charge in [-0.15, -0.1) is 0 Å². The summed E-state index contributed by atoms with van der Waals surface area (Å²) < 4.78 is 23.6.